The summed E-state index contributed by atoms with van der Waals surface area (Å²) in [6.07, 6.45) is 4.10. The molecule has 2 N–H and O–H groups in total. The van der Waals surface area contributed by atoms with Crippen LogP contribution in [0.25, 0.3) is 0 Å². The summed E-state index contributed by atoms with van der Waals surface area (Å²) >= 11 is 3.19. The summed E-state index contributed by atoms with van der Waals surface area (Å²) < 4.78 is 0.943. The lowest BCUT2D eigenvalue weighted by Crippen LogP contribution is -2.36. The molecular weight excluding hydrogens is 266 g/mol. The molecule has 6 heteroatoms. The summed E-state index contributed by atoms with van der Waals surface area (Å²) in [6, 6.07) is 0. The molecule has 1 aliphatic rings. The molecule has 1 aromatic rings. The van der Waals surface area contributed by atoms with Gasteiger partial charge >= 0.3 is 0 Å². The zero-order valence-corrected chi connectivity index (χ0v) is 12.6. The van der Waals surface area contributed by atoms with E-state index in [9.17, 15) is 5.11 Å². The van der Waals surface area contributed by atoms with Gasteiger partial charge in [-0.1, -0.05) is 30.0 Å². The van der Waals surface area contributed by atoms with Gasteiger partial charge in [0.25, 0.3) is 0 Å². The molecule has 1 saturated carbocycles. The highest BCUT2D eigenvalue weighted by atomic mass is 32.2. The summed E-state index contributed by atoms with van der Waals surface area (Å²) in [5.74, 6) is 1.50. The SMILES string of the molecule is CCNc1nnc(SCC2(O)CCC(C)CC2)s1. The highest BCUT2D eigenvalue weighted by Gasteiger charge is 2.32. The molecular formula is C12H21N3OS2. The molecule has 1 fully saturated rings. The lowest BCUT2D eigenvalue weighted by molar-refractivity contribution is 0.0150. The van der Waals surface area contributed by atoms with Crippen molar-refractivity contribution in [1.29, 1.82) is 0 Å². The maximum atomic E-state index is 10.5. The van der Waals surface area contributed by atoms with Crippen molar-refractivity contribution < 1.29 is 5.11 Å². The quantitative estimate of drug-likeness (QED) is 0.815. The highest BCUT2D eigenvalue weighted by molar-refractivity contribution is 8.01. The van der Waals surface area contributed by atoms with E-state index in [0.717, 1.165) is 53.4 Å². The van der Waals surface area contributed by atoms with Crippen molar-refractivity contribution >= 4 is 28.2 Å². The van der Waals surface area contributed by atoms with Crippen LogP contribution in [0.4, 0.5) is 5.13 Å². The van der Waals surface area contributed by atoms with Crippen LogP contribution in [0.5, 0.6) is 0 Å². The minimum absolute atomic E-state index is 0.499. The average Bonchev–Trinajstić information content (AvgIpc) is 2.80. The first-order chi connectivity index (χ1) is 8.61. The van der Waals surface area contributed by atoms with Crippen LogP contribution in [0.15, 0.2) is 4.34 Å². The molecule has 18 heavy (non-hydrogen) atoms. The average molecular weight is 287 g/mol. The number of thioether (sulfide) groups is 1. The largest absolute Gasteiger partial charge is 0.389 e. The van der Waals surface area contributed by atoms with E-state index < -0.39 is 5.60 Å². The van der Waals surface area contributed by atoms with Crippen LogP contribution < -0.4 is 5.32 Å². The number of rotatable bonds is 5. The third-order valence-electron chi connectivity index (χ3n) is 3.40. The molecule has 0 bridgehead atoms. The molecule has 0 unspecified atom stereocenters. The van der Waals surface area contributed by atoms with Crippen molar-refractivity contribution in [3.63, 3.8) is 0 Å². The van der Waals surface area contributed by atoms with E-state index in [-0.39, 0.29) is 0 Å². The lowest BCUT2D eigenvalue weighted by atomic mass is 9.81. The Labute approximate surface area is 117 Å². The second-order valence-electron chi connectivity index (χ2n) is 5.10. The van der Waals surface area contributed by atoms with Crippen molar-refractivity contribution in [2.75, 3.05) is 17.6 Å². The maximum absolute atomic E-state index is 10.5. The van der Waals surface area contributed by atoms with Crippen molar-refractivity contribution in [1.82, 2.24) is 10.2 Å². The lowest BCUT2D eigenvalue weighted by Gasteiger charge is -2.34. The van der Waals surface area contributed by atoms with E-state index in [1.54, 1.807) is 23.1 Å². The number of aromatic nitrogens is 2. The van der Waals surface area contributed by atoms with E-state index in [1.807, 2.05) is 6.92 Å². The van der Waals surface area contributed by atoms with E-state index in [0.29, 0.717) is 0 Å². The fraction of sp³-hybridized carbons (Fsp3) is 0.833. The molecule has 0 atom stereocenters. The normalized spacial score (nSPS) is 28.3. The molecule has 2 rings (SSSR count). The number of hydrogen-bond donors (Lipinski definition) is 2. The molecule has 102 valence electrons. The fourth-order valence-corrected chi connectivity index (χ4v) is 4.10. The second-order valence-corrected chi connectivity index (χ2v) is 7.30. The molecule has 0 saturated heterocycles. The van der Waals surface area contributed by atoms with E-state index in [2.05, 4.69) is 22.4 Å². The molecule has 0 amide bonds. The van der Waals surface area contributed by atoms with Gasteiger partial charge in [0, 0.05) is 12.3 Å². The minimum atomic E-state index is -0.499. The summed E-state index contributed by atoms with van der Waals surface area (Å²) in [6.45, 7) is 5.17. The van der Waals surface area contributed by atoms with Crippen molar-refractivity contribution in [2.45, 2.75) is 49.5 Å². The Kier molecular flexibility index (Phi) is 4.86. The molecule has 0 spiro atoms. The topological polar surface area (TPSA) is 58.0 Å². The Bertz CT molecular complexity index is 375. The maximum Gasteiger partial charge on any atom is 0.206 e. The number of anilines is 1. The standard InChI is InChI=1S/C12H21N3OS2/c1-3-13-10-14-15-11(18-10)17-8-12(16)6-4-9(2)5-7-12/h9,16H,3-8H2,1-2H3,(H,13,14). The summed E-state index contributed by atoms with van der Waals surface area (Å²) in [7, 11) is 0. The Morgan fingerprint density at radius 1 is 1.44 bits per heavy atom. The van der Waals surface area contributed by atoms with Gasteiger partial charge in [-0.25, -0.2) is 0 Å². The first-order valence-corrected chi connectivity index (χ1v) is 8.34. The first-order valence-electron chi connectivity index (χ1n) is 6.54. The zero-order valence-electron chi connectivity index (χ0n) is 11.0. The number of nitrogens with one attached hydrogen (secondary N) is 1. The van der Waals surface area contributed by atoms with Crippen LogP contribution in [0.3, 0.4) is 0 Å². The van der Waals surface area contributed by atoms with Crippen molar-refractivity contribution in [3.8, 4) is 0 Å². The number of aliphatic hydroxyl groups is 1. The number of nitrogens with zero attached hydrogens (tertiary/aromatic N) is 2. The van der Waals surface area contributed by atoms with Crippen LogP contribution in [0.1, 0.15) is 39.5 Å². The third-order valence-corrected chi connectivity index (χ3v) is 5.69. The Balaban J connectivity index is 1.82. The molecule has 4 nitrogen and oxygen atoms in total. The van der Waals surface area contributed by atoms with Gasteiger partial charge in [0.05, 0.1) is 5.60 Å². The van der Waals surface area contributed by atoms with Gasteiger partial charge in [0.15, 0.2) is 4.34 Å². The Hall–Kier alpha value is -0.330. The van der Waals surface area contributed by atoms with Crippen LogP contribution in [-0.4, -0.2) is 33.2 Å². The minimum Gasteiger partial charge on any atom is -0.389 e. The second kappa shape index (κ2) is 6.21. The number of hydrogen-bond acceptors (Lipinski definition) is 6. The predicted octanol–water partition coefficient (Wildman–Crippen LogP) is 3.00. The zero-order chi connectivity index (χ0) is 13.0. The molecule has 0 aromatic carbocycles. The van der Waals surface area contributed by atoms with Gasteiger partial charge < -0.3 is 10.4 Å². The van der Waals surface area contributed by atoms with Gasteiger partial charge in [-0.05, 0) is 38.5 Å². The predicted molar refractivity (Wildman–Crippen MR) is 77.4 cm³/mol. The van der Waals surface area contributed by atoms with Crippen LogP contribution >= 0.6 is 23.1 Å². The van der Waals surface area contributed by atoms with Gasteiger partial charge in [-0.15, -0.1) is 10.2 Å². The molecule has 1 heterocycles. The Morgan fingerprint density at radius 2 is 2.17 bits per heavy atom. The summed E-state index contributed by atoms with van der Waals surface area (Å²) in [4.78, 5) is 0. The first kappa shape index (κ1) is 14.1. The van der Waals surface area contributed by atoms with E-state index in [1.165, 1.54) is 0 Å². The summed E-state index contributed by atoms with van der Waals surface area (Å²) in [5, 5.41) is 22.7. The Morgan fingerprint density at radius 3 is 2.83 bits per heavy atom. The molecule has 1 aromatic heterocycles. The van der Waals surface area contributed by atoms with E-state index >= 15 is 0 Å². The van der Waals surface area contributed by atoms with Crippen LogP contribution in [0.2, 0.25) is 0 Å². The molecule has 1 aliphatic carbocycles. The molecule has 0 radical (unpaired) electrons. The van der Waals surface area contributed by atoms with Crippen LogP contribution in [0, 0.1) is 5.92 Å². The van der Waals surface area contributed by atoms with Crippen LogP contribution in [-0.2, 0) is 0 Å². The monoisotopic (exact) mass is 287 g/mol. The van der Waals surface area contributed by atoms with Gasteiger partial charge in [-0.2, -0.15) is 0 Å². The van der Waals surface area contributed by atoms with Crippen molar-refractivity contribution in [2.24, 2.45) is 5.92 Å². The fourth-order valence-electron chi connectivity index (χ4n) is 2.13. The third kappa shape index (κ3) is 3.83. The van der Waals surface area contributed by atoms with E-state index in [4.69, 9.17) is 0 Å². The summed E-state index contributed by atoms with van der Waals surface area (Å²) in [5.41, 5.74) is -0.499. The molecule has 0 aliphatic heterocycles. The van der Waals surface area contributed by atoms with Crippen molar-refractivity contribution in [3.05, 3.63) is 0 Å². The highest BCUT2D eigenvalue weighted by Crippen LogP contribution is 2.36. The van der Waals surface area contributed by atoms with Gasteiger partial charge in [0.2, 0.25) is 5.13 Å². The smallest absolute Gasteiger partial charge is 0.206 e. The van der Waals surface area contributed by atoms with Gasteiger partial charge in [0.1, 0.15) is 0 Å². The van der Waals surface area contributed by atoms with Gasteiger partial charge in [-0.3, -0.25) is 0 Å².